The van der Waals surface area contributed by atoms with Gasteiger partial charge in [-0.3, -0.25) is 14.6 Å². The van der Waals surface area contributed by atoms with Crippen LogP contribution in [0, 0.1) is 11.8 Å². The molecule has 2 amide bonds. The molecule has 1 atom stereocenters. The topological polar surface area (TPSA) is 78.4 Å². The summed E-state index contributed by atoms with van der Waals surface area (Å²) in [7, 11) is 0. The number of aromatic nitrogens is 2. The Bertz CT molecular complexity index is 906. The van der Waals surface area contributed by atoms with E-state index >= 15 is 0 Å². The number of pyridine rings is 1. The second-order valence-corrected chi connectivity index (χ2v) is 9.70. The van der Waals surface area contributed by atoms with Crippen molar-refractivity contribution in [1.29, 1.82) is 0 Å². The van der Waals surface area contributed by atoms with Gasteiger partial charge in [-0.1, -0.05) is 19.9 Å². The number of anilines is 1. The molecule has 3 heterocycles. The zero-order valence-electron chi connectivity index (χ0n) is 18.3. The molecule has 2 aromatic heterocycles. The van der Waals surface area contributed by atoms with Gasteiger partial charge in [-0.25, -0.2) is 4.98 Å². The van der Waals surface area contributed by atoms with Crippen LogP contribution in [0.5, 0.6) is 0 Å². The van der Waals surface area contributed by atoms with Crippen LogP contribution < -0.4 is 10.2 Å². The van der Waals surface area contributed by atoms with Crippen molar-refractivity contribution in [3.8, 4) is 0 Å². The van der Waals surface area contributed by atoms with Crippen LogP contribution in [0.2, 0.25) is 0 Å². The molecule has 2 aliphatic rings. The average molecular weight is 442 g/mol. The molecule has 0 radical (unpaired) electrons. The summed E-state index contributed by atoms with van der Waals surface area (Å²) in [6.07, 6.45) is 5.01. The van der Waals surface area contributed by atoms with E-state index in [9.17, 15) is 9.59 Å². The van der Waals surface area contributed by atoms with E-state index in [-0.39, 0.29) is 23.7 Å². The van der Waals surface area contributed by atoms with E-state index in [2.05, 4.69) is 15.2 Å². The zero-order valence-corrected chi connectivity index (χ0v) is 19.2. The number of fused-ring (bicyclic) bond motifs is 1. The van der Waals surface area contributed by atoms with Crippen molar-refractivity contribution in [3.05, 3.63) is 40.7 Å². The molecule has 1 N–H and O–H groups in total. The Balaban J connectivity index is 1.28. The molecule has 0 saturated carbocycles. The molecule has 7 nitrogen and oxygen atoms in total. The van der Waals surface area contributed by atoms with E-state index in [4.69, 9.17) is 4.98 Å². The third kappa shape index (κ3) is 5.23. The Morgan fingerprint density at radius 1 is 1.23 bits per heavy atom. The van der Waals surface area contributed by atoms with Gasteiger partial charge < -0.3 is 15.1 Å². The molecule has 4 rings (SSSR count). The lowest BCUT2D eigenvalue weighted by Crippen LogP contribution is -2.49. The highest BCUT2D eigenvalue weighted by Crippen LogP contribution is 2.34. The number of carbonyl (C=O) groups is 2. The lowest BCUT2D eigenvalue weighted by molar-refractivity contribution is -0.134. The van der Waals surface area contributed by atoms with E-state index in [0.717, 1.165) is 68.4 Å². The van der Waals surface area contributed by atoms with E-state index in [0.29, 0.717) is 6.54 Å². The van der Waals surface area contributed by atoms with Crippen LogP contribution in [0.3, 0.4) is 0 Å². The monoisotopic (exact) mass is 441 g/mol. The number of aryl methyl sites for hydroxylation is 1. The van der Waals surface area contributed by atoms with Gasteiger partial charge in [0.2, 0.25) is 11.8 Å². The van der Waals surface area contributed by atoms with Crippen molar-refractivity contribution >= 4 is 28.3 Å². The fraction of sp³-hybridized carbons (Fsp3) is 0.565. The van der Waals surface area contributed by atoms with Crippen LogP contribution in [-0.2, 0) is 28.9 Å². The van der Waals surface area contributed by atoms with Gasteiger partial charge in [0.15, 0.2) is 5.13 Å². The number of nitrogens with zero attached hydrogens (tertiary/aromatic N) is 4. The van der Waals surface area contributed by atoms with Crippen LogP contribution in [-0.4, -0.2) is 59.4 Å². The lowest BCUT2D eigenvalue weighted by Gasteiger charge is -2.35. The number of piperazine rings is 1. The van der Waals surface area contributed by atoms with E-state index < -0.39 is 0 Å². The summed E-state index contributed by atoms with van der Waals surface area (Å²) in [5.74, 6) is 0.433. The number of amides is 2. The average Bonchev–Trinajstić information content (AvgIpc) is 3.22. The molecule has 0 spiro atoms. The number of hydrogen-bond donors (Lipinski definition) is 1. The van der Waals surface area contributed by atoms with Gasteiger partial charge in [-0.05, 0) is 31.4 Å². The maximum atomic E-state index is 12.7. The normalized spacial score (nSPS) is 18.7. The van der Waals surface area contributed by atoms with Crippen molar-refractivity contribution in [2.24, 2.45) is 11.8 Å². The number of nitrogens with one attached hydrogen (secondary N) is 1. The third-order valence-corrected chi connectivity index (χ3v) is 7.24. The molecule has 8 heteroatoms. The zero-order chi connectivity index (χ0) is 21.8. The number of rotatable bonds is 6. The minimum absolute atomic E-state index is 0.0186. The molecular formula is C23H31N5O2S. The highest BCUT2D eigenvalue weighted by atomic mass is 32.1. The standard InChI is InChI=1S/C23H31N5O2S/c1-16(2)22(30)27-11-13-28(14-12-27)23-26-19-7-6-17(15-20(19)31-23)21(29)25-10-8-18-5-3-4-9-24-18/h3-5,9,16-17H,6-8,10-15H2,1-2H3,(H,25,29)/t17-/m0/s1. The van der Waals surface area contributed by atoms with E-state index in [1.165, 1.54) is 4.88 Å². The maximum absolute atomic E-state index is 12.7. The van der Waals surface area contributed by atoms with E-state index in [1.54, 1.807) is 17.5 Å². The van der Waals surface area contributed by atoms with Crippen LogP contribution in [0.25, 0.3) is 0 Å². The minimum Gasteiger partial charge on any atom is -0.355 e. The van der Waals surface area contributed by atoms with Crippen LogP contribution >= 0.6 is 11.3 Å². The van der Waals surface area contributed by atoms with Crippen molar-refractivity contribution < 1.29 is 9.59 Å². The Hall–Kier alpha value is -2.48. The van der Waals surface area contributed by atoms with Crippen LogP contribution in [0.1, 0.15) is 36.5 Å². The smallest absolute Gasteiger partial charge is 0.225 e. The highest BCUT2D eigenvalue weighted by Gasteiger charge is 2.30. The molecule has 0 unspecified atom stereocenters. The second-order valence-electron chi connectivity index (χ2n) is 8.64. The first-order valence-corrected chi connectivity index (χ1v) is 12.0. The van der Waals surface area contributed by atoms with Crippen molar-refractivity contribution in [2.75, 3.05) is 37.6 Å². The second kappa shape index (κ2) is 9.77. The quantitative estimate of drug-likeness (QED) is 0.744. The summed E-state index contributed by atoms with van der Waals surface area (Å²) in [6, 6.07) is 5.85. The molecular weight excluding hydrogens is 410 g/mol. The maximum Gasteiger partial charge on any atom is 0.225 e. The SMILES string of the molecule is CC(C)C(=O)N1CCN(c2nc3c(s2)C[C@@H](C(=O)NCCc2ccccn2)CC3)CC1. The van der Waals surface area contributed by atoms with Crippen LogP contribution in [0.4, 0.5) is 5.13 Å². The third-order valence-electron chi connectivity index (χ3n) is 6.06. The summed E-state index contributed by atoms with van der Waals surface area (Å²) in [6.45, 7) is 7.67. The first-order chi connectivity index (χ1) is 15.0. The molecule has 2 aromatic rings. The molecule has 1 aliphatic heterocycles. The van der Waals surface area contributed by atoms with Crippen LogP contribution in [0.15, 0.2) is 24.4 Å². The first kappa shape index (κ1) is 21.7. The molecule has 0 aromatic carbocycles. The van der Waals surface area contributed by atoms with Gasteiger partial charge in [-0.2, -0.15) is 0 Å². The molecule has 1 aliphatic carbocycles. The van der Waals surface area contributed by atoms with Gasteiger partial charge in [-0.15, -0.1) is 11.3 Å². The first-order valence-electron chi connectivity index (χ1n) is 11.2. The number of carbonyl (C=O) groups excluding carboxylic acids is 2. The number of hydrogen-bond acceptors (Lipinski definition) is 6. The van der Waals surface area contributed by atoms with Crippen molar-refractivity contribution in [1.82, 2.24) is 20.2 Å². The number of thiazole rings is 1. The Morgan fingerprint density at radius 2 is 2.03 bits per heavy atom. The van der Waals surface area contributed by atoms with Gasteiger partial charge in [0.05, 0.1) is 5.69 Å². The highest BCUT2D eigenvalue weighted by molar-refractivity contribution is 7.15. The molecule has 1 fully saturated rings. The predicted octanol–water partition coefficient (Wildman–Crippen LogP) is 2.31. The summed E-state index contributed by atoms with van der Waals surface area (Å²) in [5, 5.41) is 4.12. The molecule has 31 heavy (non-hydrogen) atoms. The van der Waals surface area contributed by atoms with Gasteiger partial charge in [0.1, 0.15) is 0 Å². The van der Waals surface area contributed by atoms with E-state index in [1.807, 2.05) is 36.9 Å². The summed E-state index contributed by atoms with van der Waals surface area (Å²) < 4.78 is 0. The Labute approximate surface area is 187 Å². The van der Waals surface area contributed by atoms with Gasteiger partial charge in [0, 0.05) is 67.7 Å². The fourth-order valence-corrected chi connectivity index (χ4v) is 5.45. The molecule has 166 valence electrons. The van der Waals surface area contributed by atoms with Gasteiger partial charge in [0.25, 0.3) is 0 Å². The molecule has 1 saturated heterocycles. The summed E-state index contributed by atoms with van der Waals surface area (Å²) in [5.41, 5.74) is 2.15. The predicted molar refractivity (Wildman–Crippen MR) is 122 cm³/mol. The van der Waals surface area contributed by atoms with Crippen molar-refractivity contribution in [2.45, 2.75) is 39.5 Å². The fourth-order valence-electron chi connectivity index (χ4n) is 4.21. The van der Waals surface area contributed by atoms with Crippen molar-refractivity contribution in [3.63, 3.8) is 0 Å². The van der Waals surface area contributed by atoms with Gasteiger partial charge >= 0.3 is 0 Å². The Kier molecular flexibility index (Phi) is 6.85. The minimum atomic E-state index is 0.0186. The Morgan fingerprint density at radius 3 is 2.74 bits per heavy atom. The molecule has 0 bridgehead atoms. The summed E-state index contributed by atoms with van der Waals surface area (Å²) in [4.78, 5) is 39.5. The summed E-state index contributed by atoms with van der Waals surface area (Å²) >= 11 is 1.72. The lowest BCUT2D eigenvalue weighted by atomic mass is 9.90. The largest absolute Gasteiger partial charge is 0.355 e.